The van der Waals surface area contributed by atoms with Gasteiger partial charge in [-0.2, -0.15) is 0 Å². The summed E-state index contributed by atoms with van der Waals surface area (Å²) < 4.78 is 0. The number of pyridine rings is 1. The van der Waals surface area contributed by atoms with E-state index in [2.05, 4.69) is 57.2 Å². The highest BCUT2D eigenvalue weighted by Gasteiger charge is 2.26. The van der Waals surface area contributed by atoms with Crippen LogP contribution in [0.15, 0.2) is 6.07 Å². The lowest BCUT2D eigenvalue weighted by atomic mass is 9.82. The quantitative estimate of drug-likeness (QED) is 0.687. The molecule has 1 rings (SSSR count). The van der Waals surface area contributed by atoms with Crippen molar-refractivity contribution < 1.29 is 0 Å². The van der Waals surface area contributed by atoms with Gasteiger partial charge in [-0.15, -0.1) is 0 Å². The number of rotatable bonds is 6. The minimum atomic E-state index is -0.106. The molecule has 0 amide bonds. The molecule has 1 heterocycles. The molecule has 120 valence electrons. The zero-order chi connectivity index (χ0) is 16.3. The van der Waals surface area contributed by atoms with E-state index < -0.39 is 0 Å². The Hall–Kier alpha value is -0.670. The van der Waals surface area contributed by atoms with E-state index >= 15 is 0 Å². The Morgan fingerprint density at radius 1 is 1.05 bits per heavy atom. The second-order valence-corrected chi connectivity index (χ2v) is 8.14. The van der Waals surface area contributed by atoms with Gasteiger partial charge < -0.3 is 10.6 Å². The molecule has 1 aromatic heterocycles. The standard InChI is InChI=1S/C16H27Cl2N3/c1-7-8-19-13-11(17)9-12(18)14(20-13)21-16(5,6)10-15(2,3)4/h9H,7-8,10H2,1-6H3,(H2,19,20,21). The maximum Gasteiger partial charge on any atom is 0.147 e. The van der Waals surface area contributed by atoms with Crippen LogP contribution < -0.4 is 10.6 Å². The van der Waals surface area contributed by atoms with Gasteiger partial charge in [0, 0.05) is 12.1 Å². The Morgan fingerprint density at radius 2 is 1.62 bits per heavy atom. The van der Waals surface area contributed by atoms with Crippen molar-refractivity contribution in [3.05, 3.63) is 16.1 Å². The molecule has 1 aromatic rings. The van der Waals surface area contributed by atoms with Gasteiger partial charge in [0.1, 0.15) is 11.6 Å². The third-order valence-electron chi connectivity index (χ3n) is 2.90. The second-order valence-electron chi connectivity index (χ2n) is 7.32. The molecule has 0 aromatic carbocycles. The first-order chi connectivity index (χ1) is 9.54. The Labute approximate surface area is 138 Å². The summed E-state index contributed by atoms with van der Waals surface area (Å²) in [7, 11) is 0. The molecule has 0 fully saturated rings. The Bertz CT molecular complexity index is 479. The number of hydrogen-bond acceptors (Lipinski definition) is 3. The zero-order valence-corrected chi connectivity index (χ0v) is 15.4. The van der Waals surface area contributed by atoms with Gasteiger partial charge in [0.05, 0.1) is 10.0 Å². The Morgan fingerprint density at radius 3 is 2.14 bits per heavy atom. The fourth-order valence-electron chi connectivity index (χ4n) is 2.61. The molecule has 5 heteroatoms. The van der Waals surface area contributed by atoms with Crippen molar-refractivity contribution in [2.24, 2.45) is 5.41 Å². The first-order valence-corrected chi connectivity index (χ1v) is 8.18. The summed E-state index contributed by atoms with van der Waals surface area (Å²) in [5, 5.41) is 7.76. The molecule has 0 saturated heterocycles. The largest absolute Gasteiger partial charge is 0.369 e. The van der Waals surface area contributed by atoms with Crippen molar-refractivity contribution >= 4 is 34.8 Å². The SMILES string of the molecule is CCCNc1nc(NC(C)(C)CC(C)(C)C)c(Cl)cc1Cl. The lowest BCUT2D eigenvalue weighted by Gasteiger charge is -2.34. The highest BCUT2D eigenvalue weighted by atomic mass is 35.5. The number of anilines is 2. The Kier molecular flexibility index (Phi) is 6.18. The molecule has 0 saturated carbocycles. The summed E-state index contributed by atoms with van der Waals surface area (Å²) in [5.41, 5.74) is 0.115. The molecular weight excluding hydrogens is 305 g/mol. The number of halogens is 2. The van der Waals surface area contributed by atoms with Crippen LogP contribution in [0.25, 0.3) is 0 Å². The lowest BCUT2D eigenvalue weighted by molar-refractivity contribution is 0.302. The van der Waals surface area contributed by atoms with Crippen molar-refractivity contribution in [3.8, 4) is 0 Å². The van der Waals surface area contributed by atoms with E-state index in [0.29, 0.717) is 21.7 Å². The van der Waals surface area contributed by atoms with Crippen molar-refractivity contribution in [1.82, 2.24) is 4.98 Å². The average molecular weight is 332 g/mol. The number of nitrogens with one attached hydrogen (secondary N) is 2. The van der Waals surface area contributed by atoms with Crippen LogP contribution >= 0.6 is 23.2 Å². The molecule has 0 aliphatic rings. The molecule has 0 bridgehead atoms. The summed E-state index contributed by atoms with van der Waals surface area (Å²) in [6.07, 6.45) is 2.01. The number of hydrogen-bond donors (Lipinski definition) is 2. The first-order valence-electron chi connectivity index (χ1n) is 7.42. The van der Waals surface area contributed by atoms with Crippen LogP contribution in [0.3, 0.4) is 0 Å². The van der Waals surface area contributed by atoms with E-state index in [1.807, 2.05) is 0 Å². The third-order valence-corrected chi connectivity index (χ3v) is 3.48. The molecule has 21 heavy (non-hydrogen) atoms. The summed E-state index contributed by atoms with van der Waals surface area (Å²) in [6.45, 7) is 13.9. The van der Waals surface area contributed by atoms with Crippen molar-refractivity contribution in [2.75, 3.05) is 17.2 Å². The predicted octanol–water partition coefficient (Wildman–Crippen LogP) is 5.84. The van der Waals surface area contributed by atoms with E-state index in [4.69, 9.17) is 23.2 Å². The molecular formula is C16H27Cl2N3. The van der Waals surface area contributed by atoms with Gasteiger partial charge in [-0.1, -0.05) is 50.9 Å². The fraction of sp³-hybridized carbons (Fsp3) is 0.688. The van der Waals surface area contributed by atoms with E-state index in [9.17, 15) is 0 Å². The maximum absolute atomic E-state index is 6.28. The number of nitrogens with zero attached hydrogens (tertiary/aromatic N) is 1. The van der Waals surface area contributed by atoms with Crippen LogP contribution in [-0.4, -0.2) is 17.1 Å². The van der Waals surface area contributed by atoms with Gasteiger partial charge in [-0.05, 0) is 38.2 Å². The molecule has 0 aliphatic carbocycles. The van der Waals surface area contributed by atoms with E-state index in [0.717, 1.165) is 19.4 Å². The predicted molar refractivity (Wildman–Crippen MR) is 94.8 cm³/mol. The van der Waals surface area contributed by atoms with E-state index in [-0.39, 0.29) is 11.0 Å². The minimum Gasteiger partial charge on any atom is -0.369 e. The summed E-state index contributed by atoms with van der Waals surface area (Å²) >= 11 is 12.5. The average Bonchev–Trinajstić information content (AvgIpc) is 2.27. The van der Waals surface area contributed by atoms with Crippen LogP contribution in [0.2, 0.25) is 10.0 Å². The molecule has 3 nitrogen and oxygen atoms in total. The molecule has 0 radical (unpaired) electrons. The minimum absolute atomic E-state index is 0.106. The zero-order valence-electron chi connectivity index (χ0n) is 13.9. The third kappa shape index (κ3) is 6.31. The number of aromatic nitrogens is 1. The topological polar surface area (TPSA) is 37.0 Å². The van der Waals surface area contributed by atoms with Crippen LogP contribution in [0.1, 0.15) is 54.4 Å². The second kappa shape index (κ2) is 7.06. The van der Waals surface area contributed by atoms with Crippen molar-refractivity contribution in [1.29, 1.82) is 0 Å². The van der Waals surface area contributed by atoms with Gasteiger partial charge in [-0.3, -0.25) is 0 Å². The summed E-state index contributed by atoms with van der Waals surface area (Å²) in [6, 6.07) is 1.74. The molecule has 0 aliphatic heterocycles. The first kappa shape index (κ1) is 18.4. The van der Waals surface area contributed by atoms with Crippen LogP contribution in [0.4, 0.5) is 11.6 Å². The molecule has 0 atom stereocenters. The normalized spacial score (nSPS) is 12.4. The van der Waals surface area contributed by atoms with E-state index in [1.54, 1.807) is 6.07 Å². The maximum atomic E-state index is 6.28. The van der Waals surface area contributed by atoms with Gasteiger partial charge in [0.15, 0.2) is 0 Å². The van der Waals surface area contributed by atoms with E-state index in [1.165, 1.54) is 0 Å². The molecule has 2 N–H and O–H groups in total. The smallest absolute Gasteiger partial charge is 0.147 e. The highest BCUT2D eigenvalue weighted by molar-refractivity contribution is 6.37. The molecule has 0 unspecified atom stereocenters. The molecule has 0 spiro atoms. The monoisotopic (exact) mass is 331 g/mol. The van der Waals surface area contributed by atoms with Gasteiger partial charge in [0.2, 0.25) is 0 Å². The Balaban J connectivity index is 2.96. The lowest BCUT2D eigenvalue weighted by Crippen LogP contribution is -2.35. The van der Waals surface area contributed by atoms with Crippen molar-refractivity contribution in [3.63, 3.8) is 0 Å². The van der Waals surface area contributed by atoms with Gasteiger partial charge in [0.25, 0.3) is 0 Å². The summed E-state index contributed by atoms with van der Waals surface area (Å²) in [4.78, 5) is 4.54. The van der Waals surface area contributed by atoms with Crippen LogP contribution in [0, 0.1) is 5.41 Å². The van der Waals surface area contributed by atoms with Crippen molar-refractivity contribution in [2.45, 2.75) is 59.9 Å². The van der Waals surface area contributed by atoms with Crippen LogP contribution in [0.5, 0.6) is 0 Å². The van der Waals surface area contributed by atoms with Crippen LogP contribution in [-0.2, 0) is 0 Å². The fourth-order valence-corrected chi connectivity index (χ4v) is 3.08. The highest BCUT2D eigenvalue weighted by Crippen LogP contribution is 2.34. The van der Waals surface area contributed by atoms with Gasteiger partial charge >= 0.3 is 0 Å². The summed E-state index contributed by atoms with van der Waals surface area (Å²) in [5.74, 6) is 1.35. The van der Waals surface area contributed by atoms with Gasteiger partial charge in [-0.25, -0.2) is 4.98 Å².